The Hall–Kier alpha value is -3.91. The molecule has 0 spiro atoms. The lowest BCUT2D eigenvalue weighted by Crippen LogP contribution is -2.35. The largest absolute Gasteiger partial charge is 0.710 e. The number of rotatable bonds is 10. The molecule has 1 unspecified atom stereocenters. The van der Waals surface area contributed by atoms with Gasteiger partial charge < -0.3 is 20.4 Å². The first kappa shape index (κ1) is 29.1. The summed E-state index contributed by atoms with van der Waals surface area (Å²) in [6.07, 6.45) is 0.292. The van der Waals surface area contributed by atoms with Gasteiger partial charge in [0.25, 0.3) is 11.7 Å². The van der Waals surface area contributed by atoms with Crippen LogP contribution in [-0.4, -0.2) is 17.2 Å². The van der Waals surface area contributed by atoms with Crippen molar-refractivity contribution in [1.29, 1.82) is 0 Å². The summed E-state index contributed by atoms with van der Waals surface area (Å²) >= 11 is 0. The van der Waals surface area contributed by atoms with Gasteiger partial charge in [0.05, 0.1) is 12.7 Å². The molecule has 0 aliphatic rings. The first-order chi connectivity index (χ1) is 19.0. The second kappa shape index (κ2) is 11.7. The van der Waals surface area contributed by atoms with Gasteiger partial charge in [-0.1, -0.05) is 44.5 Å². The van der Waals surface area contributed by atoms with Gasteiger partial charge in [-0.25, -0.2) is 18.5 Å². The van der Waals surface area contributed by atoms with Gasteiger partial charge in [-0.3, -0.25) is 0 Å². The second-order valence-electron chi connectivity index (χ2n) is 10.2. The van der Waals surface area contributed by atoms with E-state index in [0.717, 1.165) is 35.1 Å². The van der Waals surface area contributed by atoms with Gasteiger partial charge in [-0.15, -0.1) is 0 Å². The fourth-order valence-electron chi connectivity index (χ4n) is 5.30. The Morgan fingerprint density at radius 1 is 1.05 bits per heavy atom. The van der Waals surface area contributed by atoms with Crippen molar-refractivity contribution < 1.29 is 23.4 Å². The fourth-order valence-corrected chi connectivity index (χ4v) is 5.30. The summed E-state index contributed by atoms with van der Waals surface area (Å²) in [4.78, 5) is 3.10. The number of ether oxygens (including phenoxy) is 1. The van der Waals surface area contributed by atoms with Crippen LogP contribution in [0.4, 0.5) is 14.5 Å². The molecule has 0 aliphatic heterocycles. The predicted molar refractivity (Wildman–Crippen MR) is 155 cm³/mol. The van der Waals surface area contributed by atoms with Gasteiger partial charge in [0.2, 0.25) is 0 Å². The third-order valence-corrected chi connectivity index (χ3v) is 7.28. The Morgan fingerprint density at radius 2 is 1.75 bits per heavy atom. The molecule has 0 amide bonds. The van der Waals surface area contributed by atoms with Crippen molar-refractivity contribution in [2.75, 3.05) is 12.4 Å². The van der Waals surface area contributed by atoms with E-state index in [9.17, 15) is 19.1 Å². The third-order valence-electron chi connectivity index (χ3n) is 7.28. The van der Waals surface area contributed by atoms with Crippen molar-refractivity contribution >= 4 is 5.69 Å². The maximum atomic E-state index is 14.2. The predicted octanol–water partition coefficient (Wildman–Crippen LogP) is 7.47. The van der Waals surface area contributed by atoms with Crippen molar-refractivity contribution in [3.05, 3.63) is 93.4 Å². The fraction of sp³-hybridized carbons (Fsp3) is 0.344. The highest BCUT2D eigenvalue weighted by Crippen LogP contribution is 2.38. The lowest BCUT2D eigenvalue weighted by atomic mass is 9.91. The second-order valence-corrected chi connectivity index (χ2v) is 10.2. The summed E-state index contributed by atoms with van der Waals surface area (Å²) < 4.78 is 34.7. The van der Waals surface area contributed by atoms with E-state index in [1.165, 1.54) is 30.7 Å². The number of aliphatic hydroxyl groups excluding tert-OH is 1. The van der Waals surface area contributed by atoms with Crippen molar-refractivity contribution in [2.45, 2.75) is 66.0 Å². The Labute approximate surface area is 234 Å². The topological polar surface area (TPSA) is 84.2 Å². The minimum Gasteiger partial charge on any atom is -0.710 e. The van der Waals surface area contributed by atoms with E-state index in [4.69, 9.17) is 4.74 Å². The zero-order valence-corrected chi connectivity index (χ0v) is 23.9. The lowest BCUT2D eigenvalue weighted by Gasteiger charge is -2.19. The van der Waals surface area contributed by atoms with E-state index in [1.807, 2.05) is 12.1 Å². The maximum absolute atomic E-state index is 14.2. The zero-order valence-electron chi connectivity index (χ0n) is 23.9. The molecule has 6 nitrogen and oxygen atoms in total. The Kier molecular flexibility index (Phi) is 8.49. The summed E-state index contributed by atoms with van der Waals surface area (Å²) in [5.41, 5.74) is 6.67. The molecule has 212 valence electrons. The molecule has 8 heteroatoms. The van der Waals surface area contributed by atoms with Gasteiger partial charge in [0, 0.05) is 30.2 Å². The van der Waals surface area contributed by atoms with E-state index in [1.54, 1.807) is 26.2 Å². The first-order valence-electron chi connectivity index (χ1n) is 13.5. The summed E-state index contributed by atoms with van der Waals surface area (Å²) in [6, 6.07) is 15.6. The summed E-state index contributed by atoms with van der Waals surface area (Å²) in [7, 11) is 1.62. The number of anilines is 1. The SMILES string of the molecule is CCCc1cc(C)c(-c2cc(-c3[nH]c(C)c(C(O)Nc4cccc(C(F)(F)CC)c4)[n+]3[O-])ccc2OC)c(C)c1. The highest BCUT2D eigenvalue weighted by Gasteiger charge is 2.30. The van der Waals surface area contributed by atoms with E-state index < -0.39 is 12.2 Å². The Balaban J connectivity index is 1.71. The minimum atomic E-state index is -2.99. The summed E-state index contributed by atoms with van der Waals surface area (Å²) in [5, 5.41) is 27.2. The van der Waals surface area contributed by atoms with Crippen molar-refractivity contribution in [3.63, 3.8) is 0 Å². The van der Waals surface area contributed by atoms with E-state index in [-0.39, 0.29) is 29.2 Å². The molecule has 40 heavy (non-hydrogen) atoms. The van der Waals surface area contributed by atoms with Gasteiger partial charge >= 0.3 is 0 Å². The number of aryl methyl sites for hydroxylation is 4. The van der Waals surface area contributed by atoms with Crippen molar-refractivity contribution in [3.8, 4) is 28.3 Å². The molecule has 4 aromatic rings. The van der Waals surface area contributed by atoms with Gasteiger partial charge in [-0.05, 0) is 72.9 Å². The van der Waals surface area contributed by atoms with E-state index in [0.29, 0.717) is 21.7 Å². The van der Waals surface area contributed by atoms with Crippen LogP contribution in [0.25, 0.3) is 22.5 Å². The molecular weight excluding hydrogens is 512 g/mol. The summed E-state index contributed by atoms with van der Waals surface area (Å²) in [5.74, 6) is -2.05. The Bertz CT molecular complexity index is 1490. The number of methoxy groups -OCH3 is 1. The van der Waals surface area contributed by atoms with Gasteiger partial charge in [-0.2, -0.15) is 0 Å². The van der Waals surface area contributed by atoms with Crippen LogP contribution in [0.2, 0.25) is 0 Å². The van der Waals surface area contributed by atoms with Gasteiger partial charge in [0.15, 0.2) is 11.9 Å². The van der Waals surface area contributed by atoms with Crippen LogP contribution in [0.1, 0.15) is 66.6 Å². The molecule has 0 radical (unpaired) electrons. The molecule has 1 heterocycles. The standard InChI is InChI=1S/C32H37F2N3O3/c1-7-10-22-15-19(3)28(20(4)16-22)26-17-23(13-14-27(26)40-6)30-35-21(5)29(37(30)39)31(38)36-25-12-9-11-24(18-25)32(33,34)8-2/h9,11-18,31,35-36,38H,7-8,10H2,1-6H3. The third kappa shape index (κ3) is 5.68. The number of halogens is 2. The van der Waals surface area contributed by atoms with Gasteiger partial charge in [0.1, 0.15) is 11.4 Å². The van der Waals surface area contributed by atoms with Crippen LogP contribution in [-0.2, 0) is 12.3 Å². The molecule has 1 aromatic heterocycles. The number of aromatic nitrogens is 2. The van der Waals surface area contributed by atoms with Crippen LogP contribution in [0.15, 0.2) is 54.6 Å². The smallest absolute Gasteiger partial charge is 0.290 e. The maximum Gasteiger partial charge on any atom is 0.290 e. The average Bonchev–Trinajstić information content (AvgIpc) is 3.22. The normalized spacial score (nSPS) is 12.4. The average molecular weight is 550 g/mol. The molecular formula is C32H37F2N3O3. The van der Waals surface area contributed by atoms with Crippen LogP contribution < -0.4 is 14.8 Å². The number of H-pyrrole nitrogens is 1. The van der Waals surface area contributed by atoms with Crippen LogP contribution in [0.5, 0.6) is 5.75 Å². The molecule has 0 saturated heterocycles. The molecule has 3 aromatic carbocycles. The number of benzene rings is 3. The molecule has 1 atom stereocenters. The highest BCUT2D eigenvalue weighted by molar-refractivity contribution is 5.80. The quantitative estimate of drug-likeness (QED) is 0.109. The molecule has 0 fully saturated rings. The van der Waals surface area contributed by atoms with Crippen LogP contribution in [0, 0.1) is 26.0 Å². The molecule has 4 rings (SSSR count). The number of nitrogens with zero attached hydrogens (tertiary/aromatic N) is 1. The zero-order chi connectivity index (χ0) is 29.2. The Morgan fingerprint density at radius 3 is 2.38 bits per heavy atom. The molecule has 0 bridgehead atoms. The van der Waals surface area contributed by atoms with Crippen molar-refractivity contribution in [2.24, 2.45) is 0 Å². The number of imidazole rings is 1. The van der Waals surface area contributed by atoms with E-state index in [2.05, 4.69) is 43.2 Å². The molecule has 0 saturated carbocycles. The van der Waals surface area contributed by atoms with Crippen LogP contribution >= 0.6 is 0 Å². The first-order valence-corrected chi connectivity index (χ1v) is 13.5. The number of hydrogen-bond acceptors (Lipinski definition) is 4. The lowest BCUT2D eigenvalue weighted by molar-refractivity contribution is -0.604. The van der Waals surface area contributed by atoms with Crippen LogP contribution in [0.3, 0.4) is 0 Å². The van der Waals surface area contributed by atoms with Crippen molar-refractivity contribution in [1.82, 2.24) is 4.98 Å². The summed E-state index contributed by atoms with van der Waals surface area (Å²) in [6.45, 7) is 9.40. The number of aromatic amines is 1. The minimum absolute atomic E-state index is 0.0521. The highest BCUT2D eigenvalue weighted by atomic mass is 19.3. The van der Waals surface area contributed by atoms with E-state index >= 15 is 0 Å². The number of hydrogen-bond donors (Lipinski definition) is 3. The number of aliphatic hydroxyl groups is 1. The molecule has 3 N–H and O–H groups in total. The molecule has 0 aliphatic carbocycles. The number of alkyl halides is 2. The monoisotopic (exact) mass is 549 g/mol. The number of nitrogens with one attached hydrogen (secondary N) is 2.